The maximum absolute atomic E-state index is 12.0. The van der Waals surface area contributed by atoms with E-state index < -0.39 is 0 Å². The molecule has 0 radical (unpaired) electrons. The summed E-state index contributed by atoms with van der Waals surface area (Å²) >= 11 is 1.59. The minimum absolute atomic E-state index is 0.0774. The van der Waals surface area contributed by atoms with Crippen LogP contribution in [0.5, 0.6) is 0 Å². The van der Waals surface area contributed by atoms with Crippen molar-refractivity contribution in [2.24, 2.45) is 7.05 Å². The lowest BCUT2D eigenvalue weighted by atomic mass is 10.2. The molecule has 0 fully saturated rings. The summed E-state index contributed by atoms with van der Waals surface area (Å²) in [4.78, 5) is 17.1. The molecule has 0 unspecified atom stereocenters. The number of aromatic nitrogens is 3. The zero-order valence-electron chi connectivity index (χ0n) is 13.1. The molecule has 6 heteroatoms. The fraction of sp³-hybridized carbons (Fsp3) is 0.294. The molecule has 0 bridgehead atoms. The second kappa shape index (κ2) is 7.37. The van der Waals surface area contributed by atoms with Crippen molar-refractivity contribution >= 4 is 28.6 Å². The van der Waals surface area contributed by atoms with Gasteiger partial charge in [0.2, 0.25) is 5.91 Å². The fourth-order valence-electron chi connectivity index (χ4n) is 2.52. The molecule has 0 atom stereocenters. The molecule has 2 aromatic heterocycles. The first kappa shape index (κ1) is 15.7. The van der Waals surface area contributed by atoms with Crippen LogP contribution in [0.3, 0.4) is 0 Å². The highest BCUT2D eigenvalue weighted by Crippen LogP contribution is 2.29. The summed E-state index contributed by atoms with van der Waals surface area (Å²) in [5.74, 6) is 0.521. The van der Waals surface area contributed by atoms with Gasteiger partial charge < -0.3 is 14.5 Å². The summed E-state index contributed by atoms with van der Waals surface area (Å²) < 4.78 is 4.11. The molecular formula is C17H20N4OS. The highest BCUT2D eigenvalue weighted by atomic mass is 32.2. The zero-order valence-corrected chi connectivity index (χ0v) is 13.9. The summed E-state index contributed by atoms with van der Waals surface area (Å²) in [6.07, 6.45) is 8.47. The highest BCUT2D eigenvalue weighted by Gasteiger charge is 2.08. The van der Waals surface area contributed by atoms with E-state index >= 15 is 0 Å². The number of fused-ring (bicyclic) bond motifs is 1. The van der Waals surface area contributed by atoms with Crippen molar-refractivity contribution in [2.45, 2.75) is 17.9 Å². The second-order valence-corrected chi connectivity index (χ2v) is 6.43. The van der Waals surface area contributed by atoms with Gasteiger partial charge in [-0.05, 0) is 12.5 Å². The van der Waals surface area contributed by atoms with Crippen molar-refractivity contribution in [1.29, 1.82) is 0 Å². The Kier molecular flexibility index (Phi) is 5.02. The normalized spacial score (nSPS) is 11.0. The van der Waals surface area contributed by atoms with Gasteiger partial charge in [0.1, 0.15) is 0 Å². The van der Waals surface area contributed by atoms with Crippen molar-refractivity contribution in [3.63, 3.8) is 0 Å². The van der Waals surface area contributed by atoms with Gasteiger partial charge in [-0.25, -0.2) is 4.98 Å². The van der Waals surface area contributed by atoms with Crippen LogP contribution in [0.4, 0.5) is 0 Å². The molecule has 5 nitrogen and oxygen atoms in total. The number of amides is 1. The lowest BCUT2D eigenvalue weighted by Crippen LogP contribution is -2.26. The topological polar surface area (TPSA) is 51.9 Å². The summed E-state index contributed by atoms with van der Waals surface area (Å²) in [6, 6.07) is 8.25. The number of nitrogens with zero attached hydrogens (tertiary/aromatic N) is 3. The molecule has 1 N–H and O–H groups in total. The Bertz CT molecular complexity index is 779. The molecule has 120 valence electrons. The predicted octanol–water partition coefficient (Wildman–Crippen LogP) is 2.67. The largest absolute Gasteiger partial charge is 0.355 e. The van der Waals surface area contributed by atoms with E-state index in [4.69, 9.17) is 0 Å². The third kappa shape index (κ3) is 3.96. The van der Waals surface area contributed by atoms with E-state index in [1.807, 2.05) is 29.9 Å². The van der Waals surface area contributed by atoms with E-state index in [2.05, 4.69) is 33.2 Å². The Morgan fingerprint density at radius 2 is 2.22 bits per heavy atom. The van der Waals surface area contributed by atoms with Gasteiger partial charge in [-0.15, -0.1) is 11.8 Å². The molecule has 3 aromatic rings. The van der Waals surface area contributed by atoms with Crippen LogP contribution in [-0.4, -0.2) is 32.3 Å². The Balaban J connectivity index is 1.45. The maximum atomic E-state index is 12.0. The number of hydrogen-bond donors (Lipinski definition) is 1. The summed E-state index contributed by atoms with van der Waals surface area (Å²) in [6.45, 7) is 1.56. The molecule has 2 heterocycles. The zero-order chi connectivity index (χ0) is 16.1. The molecule has 0 aliphatic carbocycles. The fourth-order valence-corrected chi connectivity index (χ4v) is 3.47. The number of aryl methyl sites for hydroxylation is 2. The molecule has 0 saturated heterocycles. The third-order valence-corrected chi connectivity index (χ3v) is 4.74. The standard InChI is InChI=1S/C17H20N4OS/c1-20-11-16(14-5-2-3-6-15(14)20)23-12-17(22)19-7-4-9-21-10-8-18-13-21/h2-3,5-6,8,10-11,13H,4,7,9,12H2,1H3,(H,19,22). The molecule has 0 spiro atoms. The molecule has 0 aliphatic rings. The average Bonchev–Trinajstić information content (AvgIpc) is 3.18. The molecule has 0 saturated carbocycles. The van der Waals surface area contributed by atoms with Crippen LogP contribution in [0, 0.1) is 0 Å². The predicted molar refractivity (Wildman–Crippen MR) is 93.5 cm³/mol. The van der Waals surface area contributed by atoms with Crippen LogP contribution in [0.25, 0.3) is 10.9 Å². The van der Waals surface area contributed by atoms with Gasteiger partial charge >= 0.3 is 0 Å². The lowest BCUT2D eigenvalue weighted by molar-refractivity contribution is -0.118. The van der Waals surface area contributed by atoms with E-state index in [1.54, 1.807) is 24.3 Å². The number of thioether (sulfide) groups is 1. The third-order valence-electron chi connectivity index (χ3n) is 3.69. The van der Waals surface area contributed by atoms with Gasteiger partial charge in [0, 0.05) is 54.5 Å². The summed E-state index contributed by atoms with van der Waals surface area (Å²) in [7, 11) is 2.03. The number of hydrogen-bond acceptors (Lipinski definition) is 3. The molecule has 0 aliphatic heterocycles. The summed E-state index contributed by atoms with van der Waals surface area (Å²) in [5.41, 5.74) is 1.19. The van der Waals surface area contributed by atoms with Gasteiger partial charge in [0.15, 0.2) is 0 Å². The number of carbonyl (C=O) groups is 1. The first-order chi connectivity index (χ1) is 11.2. The molecule has 1 aromatic carbocycles. The van der Waals surface area contributed by atoms with E-state index in [-0.39, 0.29) is 5.91 Å². The number of para-hydroxylation sites is 1. The number of nitrogens with one attached hydrogen (secondary N) is 1. The second-order valence-electron chi connectivity index (χ2n) is 5.41. The maximum Gasteiger partial charge on any atom is 0.230 e. The van der Waals surface area contributed by atoms with Crippen molar-refractivity contribution in [3.8, 4) is 0 Å². The van der Waals surface area contributed by atoms with Crippen LogP contribution in [0.15, 0.2) is 54.1 Å². The average molecular weight is 328 g/mol. The number of imidazole rings is 1. The molecule has 1 amide bonds. The number of carbonyl (C=O) groups excluding carboxylic acids is 1. The summed E-state index contributed by atoms with van der Waals surface area (Å²) in [5, 5.41) is 4.17. The molecular weight excluding hydrogens is 308 g/mol. The van der Waals surface area contributed by atoms with Crippen LogP contribution in [0.1, 0.15) is 6.42 Å². The highest BCUT2D eigenvalue weighted by molar-refractivity contribution is 8.00. The minimum Gasteiger partial charge on any atom is -0.355 e. The number of benzene rings is 1. The van der Waals surface area contributed by atoms with Crippen LogP contribution in [0.2, 0.25) is 0 Å². The Hall–Kier alpha value is -2.21. The molecule has 3 rings (SSSR count). The Morgan fingerprint density at radius 1 is 1.35 bits per heavy atom. The van der Waals surface area contributed by atoms with Crippen molar-refractivity contribution in [1.82, 2.24) is 19.4 Å². The minimum atomic E-state index is 0.0774. The van der Waals surface area contributed by atoms with Crippen LogP contribution >= 0.6 is 11.8 Å². The van der Waals surface area contributed by atoms with E-state index in [9.17, 15) is 4.79 Å². The smallest absolute Gasteiger partial charge is 0.230 e. The van der Waals surface area contributed by atoms with Crippen molar-refractivity contribution in [3.05, 3.63) is 49.2 Å². The Morgan fingerprint density at radius 3 is 3.04 bits per heavy atom. The van der Waals surface area contributed by atoms with Crippen LogP contribution < -0.4 is 5.32 Å². The quantitative estimate of drug-likeness (QED) is 0.536. The van der Waals surface area contributed by atoms with E-state index in [0.717, 1.165) is 17.9 Å². The van der Waals surface area contributed by atoms with Gasteiger partial charge in [-0.3, -0.25) is 4.79 Å². The van der Waals surface area contributed by atoms with E-state index in [1.165, 1.54) is 10.9 Å². The van der Waals surface area contributed by atoms with E-state index in [0.29, 0.717) is 12.3 Å². The molecule has 23 heavy (non-hydrogen) atoms. The van der Waals surface area contributed by atoms with Crippen LogP contribution in [-0.2, 0) is 18.4 Å². The lowest BCUT2D eigenvalue weighted by Gasteiger charge is -2.05. The number of rotatable bonds is 7. The van der Waals surface area contributed by atoms with Gasteiger partial charge in [0.05, 0.1) is 12.1 Å². The van der Waals surface area contributed by atoms with Gasteiger partial charge in [-0.2, -0.15) is 0 Å². The van der Waals surface area contributed by atoms with Gasteiger partial charge in [-0.1, -0.05) is 18.2 Å². The SMILES string of the molecule is Cn1cc(SCC(=O)NCCCn2ccnc2)c2ccccc21. The first-order valence-electron chi connectivity index (χ1n) is 7.63. The van der Waals surface area contributed by atoms with Crippen molar-refractivity contribution in [2.75, 3.05) is 12.3 Å². The van der Waals surface area contributed by atoms with Gasteiger partial charge in [0.25, 0.3) is 0 Å². The monoisotopic (exact) mass is 328 g/mol. The van der Waals surface area contributed by atoms with Crippen molar-refractivity contribution < 1.29 is 4.79 Å². The first-order valence-corrected chi connectivity index (χ1v) is 8.62. The Labute approximate surface area is 139 Å².